The van der Waals surface area contributed by atoms with Crippen LogP contribution in [0.5, 0.6) is 0 Å². The Hall–Kier alpha value is -1.08. The number of amides is 1. The normalized spacial score (nSPS) is 18.6. The molecule has 2 N–H and O–H groups in total. The average molecular weight is 266 g/mol. The van der Waals surface area contributed by atoms with Gasteiger partial charge in [0.15, 0.2) is 0 Å². The smallest absolute Gasteiger partial charge is 0.240 e. The monoisotopic (exact) mass is 266 g/mol. The van der Waals surface area contributed by atoms with Gasteiger partial charge in [-0.15, -0.1) is 0 Å². The van der Waals surface area contributed by atoms with E-state index in [0.717, 1.165) is 32.1 Å². The first-order valence-electron chi connectivity index (χ1n) is 7.26. The van der Waals surface area contributed by atoms with E-state index >= 15 is 0 Å². The summed E-state index contributed by atoms with van der Waals surface area (Å²) in [7, 11) is 0. The quantitative estimate of drug-likeness (QED) is 0.775. The minimum absolute atomic E-state index is 0.0380. The van der Waals surface area contributed by atoms with Crippen molar-refractivity contribution < 1.29 is 9.90 Å². The molecule has 0 unspecified atom stereocenters. The van der Waals surface area contributed by atoms with Gasteiger partial charge in [0.05, 0.1) is 6.07 Å². The molecule has 1 aliphatic carbocycles. The fraction of sp³-hybridized carbons (Fsp3) is 0.867. The van der Waals surface area contributed by atoms with Gasteiger partial charge in [0.2, 0.25) is 5.91 Å². The van der Waals surface area contributed by atoms with Crippen LogP contribution in [0.4, 0.5) is 0 Å². The van der Waals surface area contributed by atoms with E-state index in [1.165, 1.54) is 0 Å². The highest BCUT2D eigenvalue weighted by molar-refractivity contribution is 5.85. The summed E-state index contributed by atoms with van der Waals surface area (Å²) in [5.41, 5.74) is -0.838. The Morgan fingerprint density at radius 3 is 2.53 bits per heavy atom. The van der Waals surface area contributed by atoms with E-state index in [9.17, 15) is 10.1 Å². The summed E-state index contributed by atoms with van der Waals surface area (Å²) in [4.78, 5) is 12.3. The number of aliphatic hydroxyl groups is 1. The van der Waals surface area contributed by atoms with Crippen LogP contribution in [0.2, 0.25) is 0 Å². The van der Waals surface area contributed by atoms with Crippen LogP contribution in [-0.2, 0) is 4.79 Å². The Labute approximate surface area is 116 Å². The number of carbonyl (C=O) groups is 1. The molecule has 0 saturated heterocycles. The van der Waals surface area contributed by atoms with Crippen LogP contribution in [0.15, 0.2) is 0 Å². The maximum atomic E-state index is 12.3. The summed E-state index contributed by atoms with van der Waals surface area (Å²) in [5, 5.41) is 21.1. The fourth-order valence-corrected chi connectivity index (χ4v) is 2.68. The third-order valence-electron chi connectivity index (χ3n) is 4.09. The maximum Gasteiger partial charge on any atom is 0.240 e. The molecular weight excluding hydrogens is 240 g/mol. The van der Waals surface area contributed by atoms with E-state index in [2.05, 4.69) is 25.2 Å². The second kappa shape index (κ2) is 6.91. The highest BCUT2D eigenvalue weighted by atomic mass is 16.2. The minimum Gasteiger partial charge on any atom is -0.396 e. The molecule has 0 spiro atoms. The molecule has 1 aliphatic rings. The van der Waals surface area contributed by atoms with E-state index in [4.69, 9.17) is 5.11 Å². The van der Waals surface area contributed by atoms with Crippen LogP contribution >= 0.6 is 0 Å². The van der Waals surface area contributed by atoms with Crippen molar-refractivity contribution in [1.82, 2.24) is 5.32 Å². The third-order valence-corrected chi connectivity index (χ3v) is 4.09. The molecule has 0 radical (unpaired) electrons. The van der Waals surface area contributed by atoms with Gasteiger partial charge < -0.3 is 10.4 Å². The molecule has 0 heterocycles. The molecule has 19 heavy (non-hydrogen) atoms. The summed E-state index contributed by atoms with van der Waals surface area (Å²) in [5.74, 6) is -0.105. The van der Waals surface area contributed by atoms with Gasteiger partial charge in [-0.1, -0.05) is 33.1 Å². The molecule has 0 aromatic heterocycles. The predicted molar refractivity (Wildman–Crippen MR) is 74.2 cm³/mol. The summed E-state index contributed by atoms with van der Waals surface area (Å²) in [6, 6.07) is 2.24. The van der Waals surface area contributed by atoms with Crippen molar-refractivity contribution >= 4 is 5.91 Å². The van der Waals surface area contributed by atoms with Crippen LogP contribution < -0.4 is 5.32 Å². The minimum atomic E-state index is -0.800. The lowest BCUT2D eigenvalue weighted by Crippen LogP contribution is -2.44. The van der Waals surface area contributed by atoms with Crippen molar-refractivity contribution in [1.29, 1.82) is 5.26 Å². The predicted octanol–water partition coefficient (Wildman–Crippen LogP) is 2.38. The molecule has 0 aromatic rings. The van der Waals surface area contributed by atoms with Gasteiger partial charge >= 0.3 is 0 Å². The van der Waals surface area contributed by atoms with Crippen molar-refractivity contribution in [3.63, 3.8) is 0 Å². The van der Waals surface area contributed by atoms with Crippen LogP contribution in [-0.4, -0.2) is 24.2 Å². The van der Waals surface area contributed by atoms with Crippen molar-refractivity contribution in [2.45, 2.75) is 58.8 Å². The fourth-order valence-electron chi connectivity index (χ4n) is 2.68. The largest absolute Gasteiger partial charge is 0.396 e. The molecule has 1 saturated carbocycles. The standard InChI is InChI=1S/C15H26N2O2/c1-14(2,7-6-10-18)12-17-13(19)15(11-16)8-4-3-5-9-15/h18H,3-10,12H2,1-2H3,(H,17,19). The molecule has 1 amide bonds. The topological polar surface area (TPSA) is 73.1 Å². The van der Waals surface area contributed by atoms with Gasteiger partial charge in [0.1, 0.15) is 5.41 Å². The van der Waals surface area contributed by atoms with Gasteiger partial charge in [-0.25, -0.2) is 0 Å². The molecule has 0 bridgehead atoms. The summed E-state index contributed by atoms with van der Waals surface area (Å²) in [6.45, 7) is 4.89. The van der Waals surface area contributed by atoms with Crippen molar-refractivity contribution in [2.24, 2.45) is 10.8 Å². The number of nitriles is 1. The number of nitrogens with zero attached hydrogens (tertiary/aromatic N) is 1. The van der Waals surface area contributed by atoms with Crippen molar-refractivity contribution in [3.8, 4) is 6.07 Å². The van der Waals surface area contributed by atoms with Gasteiger partial charge in [0.25, 0.3) is 0 Å². The number of hydrogen-bond acceptors (Lipinski definition) is 3. The highest BCUT2D eigenvalue weighted by Gasteiger charge is 2.40. The number of hydrogen-bond donors (Lipinski definition) is 2. The SMILES string of the molecule is CC(C)(CCCO)CNC(=O)C1(C#N)CCCCC1. The maximum absolute atomic E-state index is 12.3. The Bertz CT molecular complexity index is 339. The number of carbonyl (C=O) groups excluding carboxylic acids is 1. The van der Waals surface area contributed by atoms with Crippen LogP contribution in [0.3, 0.4) is 0 Å². The third kappa shape index (κ3) is 4.50. The summed E-state index contributed by atoms with van der Waals surface area (Å²) >= 11 is 0. The Morgan fingerprint density at radius 1 is 1.37 bits per heavy atom. The van der Waals surface area contributed by atoms with Crippen LogP contribution in [0.1, 0.15) is 58.8 Å². The molecule has 0 atom stereocenters. The molecule has 1 fully saturated rings. The average Bonchev–Trinajstić information content (AvgIpc) is 2.43. The Morgan fingerprint density at radius 2 is 2.00 bits per heavy atom. The van der Waals surface area contributed by atoms with Gasteiger partial charge in [-0.2, -0.15) is 5.26 Å². The lowest BCUT2D eigenvalue weighted by molar-refractivity contribution is -0.130. The molecule has 1 rings (SSSR count). The van der Waals surface area contributed by atoms with Crippen LogP contribution in [0.25, 0.3) is 0 Å². The zero-order chi connectivity index (χ0) is 14.4. The first kappa shape index (κ1) is 16.0. The molecule has 4 nitrogen and oxygen atoms in total. The van der Waals surface area contributed by atoms with Crippen LogP contribution in [0, 0.1) is 22.2 Å². The van der Waals surface area contributed by atoms with Gasteiger partial charge in [0, 0.05) is 13.2 Å². The molecule has 108 valence electrons. The summed E-state index contributed by atoms with van der Waals surface area (Å²) < 4.78 is 0. The first-order chi connectivity index (χ1) is 8.96. The lowest BCUT2D eigenvalue weighted by Gasteiger charge is -2.31. The second-order valence-corrected chi connectivity index (χ2v) is 6.43. The van der Waals surface area contributed by atoms with E-state index < -0.39 is 5.41 Å². The second-order valence-electron chi connectivity index (χ2n) is 6.43. The zero-order valence-electron chi connectivity index (χ0n) is 12.2. The first-order valence-corrected chi connectivity index (χ1v) is 7.26. The van der Waals surface area contributed by atoms with Gasteiger partial charge in [-0.05, 0) is 31.1 Å². The van der Waals surface area contributed by atoms with E-state index in [-0.39, 0.29) is 17.9 Å². The Kier molecular flexibility index (Phi) is 5.81. The molecule has 0 aromatic carbocycles. The zero-order valence-corrected chi connectivity index (χ0v) is 12.2. The Balaban J connectivity index is 2.52. The van der Waals surface area contributed by atoms with Crippen molar-refractivity contribution in [2.75, 3.05) is 13.2 Å². The number of rotatable bonds is 6. The molecule has 4 heteroatoms. The van der Waals surface area contributed by atoms with E-state index in [0.29, 0.717) is 19.4 Å². The highest BCUT2D eigenvalue weighted by Crippen LogP contribution is 2.36. The lowest BCUT2D eigenvalue weighted by atomic mass is 9.74. The van der Waals surface area contributed by atoms with E-state index in [1.54, 1.807) is 0 Å². The number of aliphatic hydroxyl groups excluding tert-OH is 1. The molecular formula is C15H26N2O2. The van der Waals surface area contributed by atoms with Gasteiger partial charge in [-0.3, -0.25) is 4.79 Å². The van der Waals surface area contributed by atoms with E-state index in [1.807, 2.05) is 0 Å². The van der Waals surface area contributed by atoms with Crippen molar-refractivity contribution in [3.05, 3.63) is 0 Å². The molecule has 0 aliphatic heterocycles. The number of nitrogens with one attached hydrogen (secondary N) is 1. The summed E-state index contributed by atoms with van der Waals surface area (Å²) in [6.07, 6.45) is 6.04.